The molecule has 1 amide bonds. The van der Waals surface area contributed by atoms with Crippen molar-refractivity contribution in [2.24, 2.45) is 10.5 Å². The minimum Gasteiger partial charge on any atom is -0.380 e. The zero-order valence-electron chi connectivity index (χ0n) is 18.5. The van der Waals surface area contributed by atoms with E-state index >= 15 is 0 Å². The third kappa shape index (κ3) is 3.90. The normalized spacial score (nSPS) is 26.5. The first kappa shape index (κ1) is 21.9. The van der Waals surface area contributed by atoms with Gasteiger partial charge in [-0.25, -0.2) is 5.01 Å². The fraction of sp³-hybridized carbons (Fsp3) is 0.333. The van der Waals surface area contributed by atoms with Crippen molar-refractivity contribution in [3.05, 3.63) is 83.5 Å². The summed E-state index contributed by atoms with van der Waals surface area (Å²) in [5.41, 5.74) is -0.224. The highest BCUT2D eigenvalue weighted by atomic mass is 19.4. The number of hydrogen-bond donors (Lipinski definition) is 3. The lowest BCUT2D eigenvalue weighted by Gasteiger charge is -2.57. The Labute approximate surface area is 199 Å². The smallest absolute Gasteiger partial charge is 0.380 e. The molecule has 35 heavy (non-hydrogen) atoms. The minimum atomic E-state index is -4.52. The molecule has 0 aliphatic carbocycles. The standard InChI is InChI=1S/C24H23F3N6O2/c25-24(26,27)16-5-2-1-4-15(16)17-8-9-20-28-10-18(33(20)31-17)22(34)30-19-6-3-7-21(29-19)32-11-23(12-32)13-35-14-23/h1-10,20-21,28-29H,11-14H2,(H,30,34). The van der Waals surface area contributed by atoms with Crippen LogP contribution in [0.25, 0.3) is 0 Å². The molecule has 0 bridgehead atoms. The van der Waals surface area contributed by atoms with Crippen molar-refractivity contribution in [3.8, 4) is 0 Å². The van der Waals surface area contributed by atoms with Crippen LogP contribution in [0.3, 0.4) is 0 Å². The number of likely N-dealkylation sites (tertiary alicyclic amines) is 1. The number of fused-ring (bicyclic) bond motifs is 1. The molecule has 2 atom stereocenters. The molecule has 3 N–H and O–H groups in total. The second-order valence-corrected chi connectivity index (χ2v) is 9.28. The minimum absolute atomic E-state index is 0.0358. The maximum absolute atomic E-state index is 13.5. The summed E-state index contributed by atoms with van der Waals surface area (Å²) in [5.74, 6) is 0.111. The van der Waals surface area contributed by atoms with Crippen molar-refractivity contribution in [2.75, 3.05) is 26.3 Å². The van der Waals surface area contributed by atoms with Gasteiger partial charge in [-0.15, -0.1) is 0 Å². The number of alkyl halides is 3. The highest BCUT2D eigenvalue weighted by Gasteiger charge is 2.50. The van der Waals surface area contributed by atoms with Crippen molar-refractivity contribution < 1.29 is 22.7 Å². The third-order valence-electron chi connectivity index (χ3n) is 6.69. The van der Waals surface area contributed by atoms with Gasteiger partial charge in [-0.1, -0.05) is 24.3 Å². The van der Waals surface area contributed by atoms with Gasteiger partial charge in [-0.05, 0) is 30.4 Å². The molecule has 182 valence electrons. The van der Waals surface area contributed by atoms with E-state index < -0.39 is 23.8 Å². The van der Waals surface area contributed by atoms with Crippen LogP contribution in [-0.2, 0) is 15.7 Å². The zero-order chi connectivity index (χ0) is 24.2. The number of halogens is 3. The number of ether oxygens (including phenoxy) is 1. The molecule has 0 radical (unpaired) electrons. The molecule has 2 unspecified atom stereocenters. The molecule has 0 saturated carbocycles. The first-order chi connectivity index (χ1) is 16.8. The van der Waals surface area contributed by atoms with Gasteiger partial charge in [0.1, 0.15) is 23.8 Å². The number of carbonyl (C=O) groups excluding carboxylic acids is 1. The second-order valence-electron chi connectivity index (χ2n) is 9.28. The van der Waals surface area contributed by atoms with E-state index in [1.165, 1.54) is 35.5 Å². The summed E-state index contributed by atoms with van der Waals surface area (Å²) >= 11 is 0. The molecule has 0 aromatic heterocycles. The van der Waals surface area contributed by atoms with E-state index in [2.05, 4.69) is 26.0 Å². The van der Waals surface area contributed by atoms with Crippen LogP contribution < -0.4 is 16.0 Å². The molecule has 5 heterocycles. The van der Waals surface area contributed by atoms with Crippen LogP contribution >= 0.6 is 0 Å². The monoisotopic (exact) mass is 484 g/mol. The number of nitrogens with zero attached hydrogens (tertiary/aromatic N) is 3. The average Bonchev–Trinajstić information content (AvgIpc) is 3.20. The van der Waals surface area contributed by atoms with Crippen molar-refractivity contribution >= 4 is 11.6 Å². The Morgan fingerprint density at radius 1 is 1.17 bits per heavy atom. The lowest BCUT2D eigenvalue weighted by atomic mass is 9.77. The highest BCUT2D eigenvalue weighted by Crippen LogP contribution is 2.38. The Morgan fingerprint density at radius 2 is 1.97 bits per heavy atom. The molecule has 8 nitrogen and oxygen atoms in total. The van der Waals surface area contributed by atoms with Crippen molar-refractivity contribution in [2.45, 2.75) is 18.5 Å². The SMILES string of the molecule is O=C(NC1=CC=CC(N2CC3(COC3)C2)N1)C1=CNC2C=CC(c3ccccc3C(F)(F)F)=NN12. The molecular formula is C24H23F3N6O2. The van der Waals surface area contributed by atoms with Crippen LogP contribution in [0, 0.1) is 5.41 Å². The van der Waals surface area contributed by atoms with E-state index in [1.807, 2.05) is 12.2 Å². The number of dihydropyridines is 1. The van der Waals surface area contributed by atoms with E-state index in [1.54, 1.807) is 12.2 Å². The number of allylic oxidation sites excluding steroid dienone is 3. The summed E-state index contributed by atoms with van der Waals surface area (Å²) in [5, 5.41) is 15.0. The summed E-state index contributed by atoms with van der Waals surface area (Å²) in [6.45, 7) is 3.46. The lowest BCUT2D eigenvalue weighted by molar-refractivity contribution is -0.196. The average molecular weight is 484 g/mol. The van der Waals surface area contributed by atoms with Crippen LogP contribution in [0.2, 0.25) is 0 Å². The topological polar surface area (TPSA) is 81.2 Å². The van der Waals surface area contributed by atoms with Gasteiger partial charge in [0.2, 0.25) is 0 Å². The zero-order valence-corrected chi connectivity index (χ0v) is 18.5. The molecule has 6 rings (SSSR count). The largest absolute Gasteiger partial charge is 0.417 e. The van der Waals surface area contributed by atoms with E-state index in [0.29, 0.717) is 5.82 Å². The number of amides is 1. The van der Waals surface area contributed by atoms with E-state index in [0.717, 1.165) is 32.4 Å². The highest BCUT2D eigenvalue weighted by molar-refractivity contribution is 6.10. The predicted octanol–water partition coefficient (Wildman–Crippen LogP) is 1.83. The van der Waals surface area contributed by atoms with E-state index in [-0.39, 0.29) is 28.6 Å². The first-order valence-corrected chi connectivity index (χ1v) is 11.3. The Hall–Kier alpha value is -3.57. The predicted molar refractivity (Wildman–Crippen MR) is 121 cm³/mol. The fourth-order valence-electron chi connectivity index (χ4n) is 4.88. The van der Waals surface area contributed by atoms with Crippen LogP contribution in [0.1, 0.15) is 11.1 Å². The quantitative estimate of drug-likeness (QED) is 0.605. The Balaban J connectivity index is 1.15. The number of hydrogen-bond acceptors (Lipinski definition) is 7. The number of benzene rings is 1. The second kappa shape index (κ2) is 7.99. The van der Waals surface area contributed by atoms with E-state index in [4.69, 9.17) is 4.74 Å². The third-order valence-corrected chi connectivity index (χ3v) is 6.69. The van der Waals surface area contributed by atoms with E-state index in [9.17, 15) is 18.0 Å². The molecule has 11 heteroatoms. The van der Waals surface area contributed by atoms with Gasteiger partial charge in [0.25, 0.3) is 5.91 Å². The molecule has 2 saturated heterocycles. The number of rotatable bonds is 4. The van der Waals surface area contributed by atoms with Crippen molar-refractivity contribution in [1.82, 2.24) is 25.9 Å². The maximum Gasteiger partial charge on any atom is 0.417 e. The number of nitrogens with one attached hydrogen (secondary N) is 3. The van der Waals surface area contributed by atoms with Gasteiger partial charge in [-0.3, -0.25) is 9.69 Å². The van der Waals surface area contributed by atoms with Crippen LogP contribution in [0.5, 0.6) is 0 Å². The summed E-state index contributed by atoms with van der Waals surface area (Å²) in [6.07, 6.45) is 5.38. The fourth-order valence-corrected chi connectivity index (χ4v) is 4.88. The van der Waals surface area contributed by atoms with Crippen LogP contribution in [0.4, 0.5) is 13.2 Å². The maximum atomic E-state index is 13.5. The summed E-state index contributed by atoms with van der Waals surface area (Å²) in [4.78, 5) is 15.4. The van der Waals surface area contributed by atoms with Gasteiger partial charge in [0.05, 0.1) is 24.5 Å². The number of hydrazone groups is 1. The first-order valence-electron chi connectivity index (χ1n) is 11.3. The molecular weight excluding hydrogens is 461 g/mol. The van der Waals surface area contributed by atoms with Gasteiger partial charge in [0.15, 0.2) is 0 Å². The number of carbonyl (C=O) groups is 1. The summed E-state index contributed by atoms with van der Waals surface area (Å²) < 4.78 is 45.9. The summed E-state index contributed by atoms with van der Waals surface area (Å²) in [6, 6.07) is 5.26. The molecule has 1 spiro atoms. The summed E-state index contributed by atoms with van der Waals surface area (Å²) in [7, 11) is 0. The Kier molecular flexibility index (Phi) is 5.01. The van der Waals surface area contributed by atoms with Gasteiger partial charge in [-0.2, -0.15) is 18.3 Å². The van der Waals surface area contributed by atoms with Crippen LogP contribution in [-0.4, -0.2) is 60.2 Å². The molecule has 2 fully saturated rings. The van der Waals surface area contributed by atoms with Gasteiger partial charge in [0, 0.05) is 30.3 Å². The molecule has 5 aliphatic rings. The van der Waals surface area contributed by atoms with Gasteiger partial charge < -0.3 is 20.7 Å². The Morgan fingerprint density at radius 3 is 2.71 bits per heavy atom. The Bertz CT molecular complexity index is 1210. The van der Waals surface area contributed by atoms with Gasteiger partial charge >= 0.3 is 6.18 Å². The lowest BCUT2D eigenvalue weighted by Crippen LogP contribution is -2.70. The van der Waals surface area contributed by atoms with Crippen molar-refractivity contribution in [1.29, 1.82) is 0 Å². The molecule has 5 aliphatic heterocycles. The molecule has 1 aromatic carbocycles. The van der Waals surface area contributed by atoms with Crippen molar-refractivity contribution in [3.63, 3.8) is 0 Å². The molecule has 1 aromatic rings. The van der Waals surface area contributed by atoms with Crippen LogP contribution in [0.15, 0.2) is 77.5 Å².